The number of anilines is 3. The zero-order chi connectivity index (χ0) is 59.0. The first kappa shape index (κ1) is 90.1. The van der Waals surface area contributed by atoms with E-state index >= 15 is 0 Å². The number of nitrogens with two attached hydrogens (primary N) is 1. The van der Waals surface area contributed by atoms with Crippen molar-refractivity contribution in [2.45, 2.75) is 55.4 Å². The number of hydrogen-bond donors (Lipinski definition) is 4. The molecule has 0 unspecified atom stereocenters. The van der Waals surface area contributed by atoms with Crippen LogP contribution in [-0.2, 0) is 0 Å². The quantitative estimate of drug-likeness (QED) is 0.0880. The summed E-state index contributed by atoms with van der Waals surface area (Å²) < 4.78 is 2.99. The molecule has 0 saturated carbocycles. The van der Waals surface area contributed by atoms with E-state index in [1.165, 1.54) is 16.0 Å². The molecular weight excluding hydrogens is 1460 g/mol. The summed E-state index contributed by atoms with van der Waals surface area (Å²) in [6.07, 6.45) is 30.7. The monoisotopic (exact) mass is 1530 g/mol. The number of thiazole rings is 2. The summed E-state index contributed by atoms with van der Waals surface area (Å²) in [5, 5.41) is 11.6. The molecule has 16 nitrogen and oxygen atoms in total. The van der Waals surface area contributed by atoms with Gasteiger partial charge >= 0.3 is 233 Å². The van der Waals surface area contributed by atoms with E-state index in [9.17, 15) is 0 Å². The number of aromatic nitrogens is 8. The summed E-state index contributed by atoms with van der Waals surface area (Å²) in [6, 6.07) is 30.9. The summed E-state index contributed by atoms with van der Waals surface area (Å²) >= 11 is 19.6. The fourth-order valence-corrected chi connectivity index (χ4v) is 8.26. The predicted octanol–water partition coefficient (Wildman–Crippen LogP) is 1.50. The number of benzene rings is 2. The molecule has 436 valence electrons. The molecule has 0 radical (unpaired) electrons. The van der Waals surface area contributed by atoms with Gasteiger partial charge in [-0.1, -0.05) is 126 Å². The van der Waals surface area contributed by atoms with Crippen molar-refractivity contribution in [2.75, 3.05) is 95.0 Å². The number of para-hydroxylation sites is 2. The molecule has 6 aromatic heterocycles. The molecule has 0 bridgehead atoms. The Bertz CT molecular complexity index is 2670. The van der Waals surface area contributed by atoms with E-state index in [0.29, 0.717) is 27.5 Å². The molecule has 0 fully saturated rings. The van der Waals surface area contributed by atoms with Crippen LogP contribution in [0.3, 0.4) is 0 Å². The number of pyridine rings is 2. The van der Waals surface area contributed by atoms with Crippen molar-refractivity contribution >= 4 is 94.8 Å². The van der Waals surface area contributed by atoms with Crippen LogP contribution >= 0.6 is 57.5 Å². The number of nitrogens with zero attached hydrogens (tertiary/aromatic N) is 12. The smallest absolute Gasteiger partial charge is 0.485 e. The summed E-state index contributed by atoms with van der Waals surface area (Å²) in [4.78, 5) is 40.7. The first-order valence-corrected chi connectivity index (χ1v) is 29.7. The minimum Gasteiger partial charge on any atom is -0.485 e. The SMILES string of the molecule is CC.CC.CC.CC.Clc1ccccn1.Clc1nc2ccccc2s1.Clc1ncccn1.NCN1C[C-]=CC1.[C-]1=CCN(CNc2ccccn2)C1.[C-]1=CCN(CNc2nc3ccccc3s2)C1.[C-]1=CCN(CNc2ncccn2)C1.[Rb+].[Rb+].[Rb+].[Rb+]. The Morgan fingerprint density at radius 1 is 0.447 bits per heavy atom. The summed E-state index contributed by atoms with van der Waals surface area (Å²) in [6.45, 7) is 26.6. The number of halogens is 3. The Morgan fingerprint density at radius 3 is 1.24 bits per heavy atom. The van der Waals surface area contributed by atoms with Gasteiger partial charge in [-0.2, -0.15) is 0 Å². The van der Waals surface area contributed by atoms with Crippen LogP contribution in [0.25, 0.3) is 20.4 Å². The second-order valence-corrected chi connectivity index (χ2v) is 18.6. The minimum atomic E-state index is 0. The molecule has 5 N–H and O–H groups in total. The Morgan fingerprint density at radius 2 is 0.859 bits per heavy atom. The second kappa shape index (κ2) is 62.4. The zero-order valence-corrected chi connectivity index (χ0v) is 75.5. The Labute approximate surface area is 726 Å². The number of nitrogens with one attached hydrogen (secondary N) is 3. The molecular formula is C60H79Cl3N16Rb4S2. The normalized spacial score (nSPS) is 12.7. The largest absolute Gasteiger partial charge is 1.00 e. The van der Waals surface area contributed by atoms with Gasteiger partial charge in [-0.05, 0) is 98.4 Å². The Hall–Kier alpha value is 0.931. The van der Waals surface area contributed by atoms with Gasteiger partial charge in [0.1, 0.15) is 11.0 Å². The van der Waals surface area contributed by atoms with Crippen LogP contribution in [0.4, 0.5) is 16.9 Å². The summed E-state index contributed by atoms with van der Waals surface area (Å²) in [7, 11) is 0. The Kier molecular flexibility index (Phi) is 66.1. The molecule has 0 saturated heterocycles. The van der Waals surface area contributed by atoms with E-state index in [4.69, 9.17) is 40.5 Å². The first-order chi connectivity index (χ1) is 39.9. The molecule has 0 spiro atoms. The van der Waals surface area contributed by atoms with Crippen LogP contribution in [0.15, 0.2) is 159 Å². The van der Waals surface area contributed by atoms with Crippen molar-refractivity contribution in [2.24, 2.45) is 5.73 Å². The molecule has 2 aromatic carbocycles. The standard InChI is InChI=1S/C12H12N3S.C10H12N3.C9H11N4.C7H4ClNS.C5H4ClN.C5H9N2.C4H3ClN2.4C2H6.4Rb/c1-2-6-11-10(5-1)14-12(16-11)13-9-15-7-3-4-8-15;1-2-6-11-10(5-1)12-9-13-7-3-4-8-13;1-2-7-13(6-1)8-12-9-10-4-3-5-11-9;8-7-9-5-3-1-2-4-6(5)10-7;6-5-3-1-2-4-7-5;6-5-7-3-1-2-4-7;5-4-6-2-1-3-7-4;4*1-2;;;;/h1-3,5-6H,7-9H2,(H,13,14);1-3,5-6H,7-9H2,(H,11,12);1,3-5H,6-8H2,(H,10,11,12);1-4H;1-4H;1H,3-6H2;1-3H;4*1-2H3;;;;/q3*-1;;;-1;;;;;;4*+1. The molecule has 12 rings (SSSR count). The third-order valence-electron chi connectivity index (χ3n) is 9.85. The van der Waals surface area contributed by atoms with Gasteiger partial charge in [0.15, 0.2) is 9.60 Å². The van der Waals surface area contributed by atoms with Crippen molar-refractivity contribution in [3.05, 3.63) is 198 Å². The predicted molar refractivity (Wildman–Crippen MR) is 344 cm³/mol. The average molecular weight is 1540 g/mol. The summed E-state index contributed by atoms with van der Waals surface area (Å²) in [5.41, 5.74) is 7.35. The van der Waals surface area contributed by atoms with Crippen LogP contribution in [-0.4, -0.2) is 139 Å². The molecule has 0 amide bonds. The van der Waals surface area contributed by atoms with E-state index < -0.39 is 0 Å². The van der Waals surface area contributed by atoms with Gasteiger partial charge in [-0.25, -0.2) is 39.9 Å². The van der Waals surface area contributed by atoms with Gasteiger partial charge in [0.25, 0.3) is 0 Å². The molecule has 25 heteroatoms. The van der Waals surface area contributed by atoms with E-state index in [1.54, 1.807) is 66.7 Å². The average Bonchev–Trinajstić information content (AvgIpc) is 4.57. The van der Waals surface area contributed by atoms with E-state index in [0.717, 1.165) is 99.0 Å². The van der Waals surface area contributed by atoms with E-state index in [2.05, 4.69) is 118 Å². The number of hydrogen-bond acceptors (Lipinski definition) is 18. The fourth-order valence-electron chi connectivity index (χ4n) is 6.14. The van der Waals surface area contributed by atoms with Crippen LogP contribution < -0.4 is 254 Å². The van der Waals surface area contributed by atoms with Crippen LogP contribution in [0.5, 0.6) is 0 Å². The van der Waals surface area contributed by atoms with Crippen molar-refractivity contribution < 1.29 is 233 Å². The van der Waals surface area contributed by atoms with Crippen molar-refractivity contribution in [1.82, 2.24) is 59.5 Å². The molecule has 0 aliphatic carbocycles. The van der Waals surface area contributed by atoms with Gasteiger partial charge in [-0.15, -0.1) is 37.5 Å². The maximum Gasteiger partial charge on any atom is 1.00 e. The third-order valence-corrected chi connectivity index (χ3v) is 12.4. The van der Waals surface area contributed by atoms with E-state index in [1.807, 2.05) is 140 Å². The van der Waals surface area contributed by atoms with Gasteiger partial charge in [-0.3, -0.25) is 24.3 Å². The Balaban J connectivity index is -0.000000913. The first-order valence-electron chi connectivity index (χ1n) is 26.9. The third kappa shape index (κ3) is 43.5. The van der Waals surface area contributed by atoms with Crippen molar-refractivity contribution in [3.63, 3.8) is 0 Å². The van der Waals surface area contributed by atoms with Crippen LogP contribution in [0, 0.1) is 24.3 Å². The summed E-state index contributed by atoms with van der Waals surface area (Å²) in [5.74, 6) is 1.60. The maximum atomic E-state index is 5.69. The number of fused-ring (bicyclic) bond motifs is 2. The van der Waals surface area contributed by atoms with Crippen molar-refractivity contribution in [1.29, 1.82) is 0 Å². The fraction of sp³-hybridized carbons (Fsp3) is 0.333. The topological polar surface area (TPSA) is 178 Å². The van der Waals surface area contributed by atoms with Gasteiger partial charge in [0, 0.05) is 43.8 Å². The van der Waals surface area contributed by atoms with Crippen molar-refractivity contribution in [3.8, 4) is 0 Å². The second-order valence-electron chi connectivity index (χ2n) is 15.2. The molecule has 10 heterocycles. The maximum absolute atomic E-state index is 5.69. The van der Waals surface area contributed by atoms with Crippen LogP contribution in [0.2, 0.25) is 14.9 Å². The minimum absolute atomic E-state index is 0. The zero-order valence-electron chi connectivity index (χ0n) is 51.9. The van der Waals surface area contributed by atoms with Gasteiger partial charge in [0.2, 0.25) is 11.2 Å². The van der Waals surface area contributed by atoms with Crippen LogP contribution in [0.1, 0.15) is 55.4 Å². The van der Waals surface area contributed by atoms with E-state index in [-0.39, 0.29) is 233 Å². The molecule has 0 atom stereocenters. The van der Waals surface area contributed by atoms with Gasteiger partial charge < -0.3 is 65.6 Å². The van der Waals surface area contributed by atoms with Gasteiger partial charge in [0.05, 0.1) is 40.4 Å². The molecule has 85 heavy (non-hydrogen) atoms. The molecule has 4 aliphatic heterocycles. The number of rotatable bonds is 10. The molecule has 4 aliphatic rings. The molecule has 8 aromatic rings.